The minimum Gasteiger partial charge on any atom is -0.478 e. The summed E-state index contributed by atoms with van der Waals surface area (Å²) in [7, 11) is 0. The van der Waals surface area contributed by atoms with Crippen LogP contribution in [0.25, 0.3) is 11.1 Å². The molecule has 0 spiro atoms. The Bertz CT molecular complexity index is 864. The van der Waals surface area contributed by atoms with Crippen LogP contribution in [0.4, 0.5) is 4.39 Å². The van der Waals surface area contributed by atoms with Crippen LogP contribution in [-0.2, 0) is 13.2 Å². The van der Waals surface area contributed by atoms with Crippen molar-refractivity contribution in [3.63, 3.8) is 0 Å². The second-order valence-corrected chi connectivity index (χ2v) is 6.08. The number of hydrogen-bond acceptors (Lipinski definition) is 4. The highest BCUT2D eigenvalue weighted by molar-refractivity contribution is 7.12. The van der Waals surface area contributed by atoms with Crippen molar-refractivity contribution < 1.29 is 9.13 Å². The zero-order chi connectivity index (χ0) is 16.9. The molecule has 0 radical (unpaired) electrons. The molecule has 0 aliphatic carbocycles. The Morgan fingerprint density at radius 1 is 1.04 bits per heavy atom. The molecule has 2 aromatic carbocycles. The van der Waals surface area contributed by atoms with E-state index in [4.69, 9.17) is 10.5 Å². The van der Waals surface area contributed by atoms with E-state index < -0.39 is 0 Å². The van der Waals surface area contributed by atoms with Gasteiger partial charge in [0.2, 0.25) is 0 Å². The van der Waals surface area contributed by atoms with Gasteiger partial charge in [-0.1, -0.05) is 36.4 Å². The summed E-state index contributed by atoms with van der Waals surface area (Å²) in [5.74, 6) is -0.301. The van der Waals surface area contributed by atoms with Crippen LogP contribution in [0.15, 0.2) is 53.9 Å². The number of halogens is 1. The molecule has 3 rings (SSSR count). The van der Waals surface area contributed by atoms with Crippen LogP contribution in [0, 0.1) is 17.1 Å². The van der Waals surface area contributed by atoms with Crippen LogP contribution < -0.4 is 10.5 Å². The molecule has 0 saturated carbocycles. The largest absolute Gasteiger partial charge is 0.478 e. The Hall–Kier alpha value is -2.68. The predicted molar refractivity (Wildman–Crippen MR) is 93.1 cm³/mol. The Morgan fingerprint density at radius 3 is 2.33 bits per heavy atom. The Morgan fingerprint density at radius 2 is 1.71 bits per heavy atom. The van der Waals surface area contributed by atoms with Gasteiger partial charge in [-0.15, -0.1) is 11.3 Å². The molecule has 0 bridgehead atoms. The number of hydrogen-bond donors (Lipinski definition) is 1. The first-order valence-electron chi connectivity index (χ1n) is 7.39. The number of nitriles is 1. The Kier molecular flexibility index (Phi) is 4.90. The molecule has 120 valence electrons. The molecule has 1 aromatic heterocycles. The number of nitrogens with two attached hydrogens (primary N) is 1. The quantitative estimate of drug-likeness (QED) is 0.747. The molecule has 24 heavy (non-hydrogen) atoms. The molecule has 0 fully saturated rings. The maximum Gasteiger partial charge on any atom is 0.192 e. The molecule has 3 aromatic rings. The van der Waals surface area contributed by atoms with E-state index in [0.717, 1.165) is 22.3 Å². The van der Waals surface area contributed by atoms with Crippen molar-refractivity contribution in [1.29, 1.82) is 5.26 Å². The number of rotatable bonds is 5. The summed E-state index contributed by atoms with van der Waals surface area (Å²) < 4.78 is 18.9. The summed E-state index contributed by atoms with van der Waals surface area (Å²) in [6.45, 7) is 0.884. The zero-order valence-electron chi connectivity index (χ0n) is 12.8. The fourth-order valence-corrected chi connectivity index (χ4v) is 3.19. The summed E-state index contributed by atoms with van der Waals surface area (Å²) in [6, 6.07) is 16.1. The van der Waals surface area contributed by atoms with Gasteiger partial charge in [0.05, 0.1) is 0 Å². The molecule has 2 N–H and O–H groups in total. The average Bonchev–Trinajstić information content (AvgIpc) is 3.04. The summed E-state index contributed by atoms with van der Waals surface area (Å²) in [5.41, 5.74) is 9.68. The van der Waals surface area contributed by atoms with Gasteiger partial charge in [-0.25, -0.2) is 4.39 Å². The van der Waals surface area contributed by atoms with E-state index >= 15 is 0 Å². The Balaban J connectivity index is 1.79. The highest BCUT2D eigenvalue weighted by Crippen LogP contribution is 2.37. The lowest BCUT2D eigenvalue weighted by atomic mass is 10.1. The van der Waals surface area contributed by atoms with Crippen molar-refractivity contribution >= 4 is 11.3 Å². The lowest BCUT2D eigenvalue weighted by molar-refractivity contribution is 0.315. The van der Waals surface area contributed by atoms with E-state index in [1.54, 1.807) is 12.1 Å². The fraction of sp³-hybridized carbons (Fsp3) is 0.105. The number of thiophene rings is 1. The second kappa shape index (κ2) is 7.26. The highest BCUT2D eigenvalue weighted by atomic mass is 32.1. The third kappa shape index (κ3) is 3.46. The van der Waals surface area contributed by atoms with Gasteiger partial charge in [-0.2, -0.15) is 5.26 Å². The molecule has 0 unspecified atom stereocenters. The minimum absolute atomic E-state index is 0.301. The van der Waals surface area contributed by atoms with Gasteiger partial charge < -0.3 is 10.5 Å². The van der Waals surface area contributed by atoms with Crippen molar-refractivity contribution in [3.8, 4) is 22.3 Å². The van der Waals surface area contributed by atoms with E-state index in [-0.39, 0.29) is 5.82 Å². The SMILES string of the molecule is N#Cc1c(-c2ccc([18F])cc2)csc1OCc1ccc(CN)cc1. The standard InChI is InChI=1S/C19H15FN2OS/c20-16-7-5-15(6-8-16)18-12-24-19(17(18)10-22)23-11-14-3-1-13(9-21)2-4-14/h1-8,12H,9,11,21H2/i20-1. The maximum absolute atomic E-state index is 13.1. The van der Waals surface area contributed by atoms with E-state index in [2.05, 4.69) is 6.07 Å². The molecule has 3 nitrogen and oxygen atoms in total. The highest BCUT2D eigenvalue weighted by Gasteiger charge is 2.14. The van der Waals surface area contributed by atoms with Crippen LogP contribution in [0.3, 0.4) is 0 Å². The molecule has 0 aliphatic rings. The van der Waals surface area contributed by atoms with Crippen LogP contribution in [0.1, 0.15) is 16.7 Å². The Labute approximate surface area is 143 Å². The van der Waals surface area contributed by atoms with Gasteiger partial charge in [0.1, 0.15) is 24.1 Å². The molecule has 0 amide bonds. The molecular formula is C19H15FN2OS. The lowest BCUT2D eigenvalue weighted by Gasteiger charge is -2.06. The number of benzene rings is 2. The van der Waals surface area contributed by atoms with Crippen LogP contribution in [-0.4, -0.2) is 0 Å². The molecule has 0 atom stereocenters. The van der Waals surface area contributed by atoms with Crippen LogP contribution in [0.2, 0.25) is 0 Å². The first-order valence-corrected chi connectivity index (χ1v) is 8.27. The first-order chi connectivity index (χ1) is 11.7. The van der Waals surface area contributed by atoms with E-state index in [0.29, 0.717) is 23.8 Å². The van der Waals surface area contributed by atoms with Gasteiger partial charge in [0, 0.05) is 17.5 Å². The minimum atomic E-state index is -0.301. The average molecular weight is 337 g/mol. The topological polar surface area (TPSA) is 59.0 Å². The molecule has 0 saturated heterocycles. The zero-order valence-corrected chi connectivity index (χ0v) is 13.6. The van der Waals surface area contributed by atoms with Gasteiger partial charge in [-0.3, -0.25) is 0 Å². The smallest absolute Gasteiger partial charge is 0.192 e. The van der Waals surface area contributed by atoms with Crippen molar-refractivity contribution in [1.82, 2.24) is 0 Å². The summed E-state index contributed by atoms with van der Waals surface area (Å²) in [6.07, 6.45) is 0. The molecule has 1 heterocycles. The number of nitrogens with zero attached hydrogens (tertiary/aromatic N) is 1. The summed E-state index contributed by atoms with van der Waals surface area (Å²) in [5, 5.41) is 11.9. The maximum atomic E-state index is 13.1. The third-order valence-corrected chi connectivity index (χ3v) is 4.54. The lowest BCUT2D eigenvalue weighted by Crippen LogP contribution is -1.98. The predicted octanol–water partition coefficient (Wildman–Crippen LogP) is 4.46. The van der Waals surface area contributed by atoms with Gasteiger partial charge in [0.25, 0.3) is 0 Å². The van der Waals surface area contributed by atoms with Gasteiger partial charge in [-0.05, 0) is 28.8 Å². The summed E-state index contributed by atoms with van der Waals surface area (Å²) in [4.78, 5) is 0. The van der Waals surface area contributed by atoms with E-state index in [9.17, 15) is 9.65 Å². The van der Waals surface area contributed by atoms with Crippen molar-refractivity contribution in [2.24, 2.45) is 5.73 Å². The normalized spacial score (nSPS) is 10.4. The molecular weight excluding hydrogens is 322 g/mol. The third-order valence-electron chi connectivity index (χ3n) is 3.65. The fourth-order valence-electron chi connectivity index (χ4n) is 2.31. The summed E-state index contributed by atoms with van der Waals surface area (Å²) >= 11 is 1.37. The van der Waals surface area contributed by atoms with Gasteiger partial charge in [0.15, 0.2) is 5.06 Å². The van der Waals surface area contributed by atoms with Crippen molar-refractivity contribution in [3.05, 3.63) is 76.4 Å². The number of ether oxygens (including phenoxy) is 1. The van der Waals surface area contributed by atoms with Crippen LogP contribution >= 0.6 is 11.3 Å². The molecule has 0 aliphatic heterocycles. The van der Waals surface area contributed by atoms with Crippen LogP contribution in [0.5, 0.6) is 5.06 Å². The monoisotopic (exact) mass is 337 g/mol. The van der Waals surface area contributed by atoms with Gasteiger partial charge >= 0.3 is 0 Å². The van der Waals surface area contributed by atoms with Crippen molar-refractivity contribution in [2.45, 2.75) is 13.2 Å². The van der Waals surface area contributed by atoms with E-state index in [1.165, 1.54) is 23.5 Å². The second-order valence-electron chi connectivity index (χ2n) is 5.24. The molecule has 5 heteroatoms. The first kappa shape index (κ1) is 16.2. The van der Waals surface area contributed by atoms with E-state index in [1.807, 2.05) is 29.6 Å². The van der Waals surface area contributed by atoms with Crippen molar-refractivity contribution in [2.75, 3.05) is 0 Å².